The summed E-state index contributed by atoms with van der Waals surface area (Å²) in [6.07, 6.45) is 5.58. The fraction of sp³-hybridized carbons (Fsp3) is 0.611. The minimum Gasteiger partial charge on any atom is -0.486 e. The number of benzene rings is 1. The van der Waals surface area contributed by atoms with Crippen molar-refractivity contribution >= 4 is 6.03 Å². The number of fused-ring (bicyclic) bond motifs is 1. The van der Waals surface area contributed by atoms with Crippen LogP contribution in [0, 0.1) is 5.92 Å². The molecule has 1 heterocycles. The second-order valence-corrected chi connectivity index (χ2v) is 6.50. The van der Waals surface area contributed by atoms with Gasteiger partial charge >= 0.3 is 6.03 Å². The Hall–Kier alpha value is -1.91. The average Bonchev–Trinajstić information content (AvgIpc) is 2.57. The highest BCUT2D eigenvalue weighted by molar-refractivity contribution is 5.74. The molecule has 23 heavy (non-hydrogen) atoms. The van der Waals surface area contributed by atoms with Crippen LogP contribution in [0.25, 0.3) is 0 Å². The second kappa shape index (κ2) is 7.57. The summed E-state index contributed by atoms with van der Waals surface area (Å²) in [6.45, 7) is 4.04. The third-order valence-electron chi connectivity index (χ3n) is 4.73. The van der Waals surface area contributed by atoms with Gasteiger partial charge in [-0.2, -0.15) is 0 Å². The molecule has 0 aromatic heterocycles. The predicted molar refractivity (Wildman–Crippen MR) is 89.1 cm³/mol. The summed E-state index contributed by atoms with van der Waals surface area (Å²) < 4.78 is 11.1. The molecule has 5 heteroatoms. The van der Waals surface area contributed by atoms with Crippen molar-refractivity contribution in [2.24, 2.45) is 5.92 Å². The summed E-state index contributed by atoms with van der Waals surface area (Å²) in [5.41, 5.74) is 1.14. The summed E-state index contributed by atoms with van der Waals surface area (Å²) in [5.74, 6) is 2.18. The number of ether oxygens (including phenoxy) is 2. The zero-order valence-electron chi connectivity index (χ0n) is 13.8. The summed E-state index contributed by atoms with van der Waals surface area (Å²) >= 11 is 0. The lowest BCUT2D eigenvalue weighted by atomic mass is 9.86. The van der Waals surface area contributed by atoms with E-state index in [1.807, 2.05) is 18.2 Å². The van der Waals surface area contributed by atoms with Crippen molar-refractivity contribution in [2.45, 2.75) is 45.1 Å². The van der Waals surface area contributed by atoms with Crippen LogP contribution in [0.15, 0.2) is 18.2 Å². The van der Waals surface area contributed by atoms with Gasteiger partial charge in [0.05, 0.1) is 0 Å². The molecule has 1 saturated carbocycles. The largest absolute Gasteiger partial charge is 0.486 e. The Morgan fingerprint density at radius 3 is 2.78 bits per heavy atom. The van der Waals surface area contributed by atoms with Crippen LogP contribution in [0.4, 0.5) is 4.79 Å². The number of rotatable bonds is 4. The van der Waals surface area contributed by atoms with Crippen molar-refractivity contribution in [1.82, 2.24) is 10.6 Å². The summed E-state index contributed by atoms with van der Waals surface area (Å²) in [5, 5.41) is 6.07. The van der Waals surface area contributed by atoms with Gasteiger partial charge in [0, 0.05) is 12.6 Å². The monoisotopic (exact) mass is 318 g/mol. The molecule has 2 atom stereocenters. The summed E-state index contributed by atoms with van der Waals surface area (Å²) in [4.78, 5) is 12.0. The molecule has 0 radical (unpaired) electrons. The number of carbonyl (C=O) groups is 1. The maximum Gasteiger partial charge on any atom is 0.315 e. The van der Waals surface area contributed by atoms with Crippen molar-refractivity contribution in [3.63, 3.8) is 0 Å². The second-order valence-electron chi connectivity index (χ2n) is 6.50. The number of carbonyl (C=O) groups excluding carboxylic acids is 1. The van der Waals surface area contributed by atoms with Gasteiger partial charge in [-0.1, -0.05) is 25.8 Å². The van der Waals surface area contributed by atoms with Crippen molar-refractivity contribution < 1.29 is 14.3 Å². The standard InChI is InChI=1S/C18H26N2O3/c1-13-4-2-3-5-15(13)20-18(21)19-9-8-14-6-7-16-17(12-14)23-11-10-22-16/h6-7,12-13,15H,2-5,8-11H2,1H3,(H2,19,20,21)/t13-,15-/m1/s1. The highest BCUT2D eigenvalue weighted by atomic mass is 16.6. The van der Waals surface area contributed by atoms with E-state index in [0.717, 1.165) is 29.9 Å². The fourth-order valence-corrected chi connectivity index (χ4v) is 3.31. The first-order valence-electron chi connectivity index (χ1n) is 8.65. The maximum atomic E-state index is 12.0. The van der Waals surface area contributed by atoms with Gasteiger partial charge in [-0.25, -0.2) is 4.79 Å². The predicted octanol–water partition coefficient (Wildman–Crippen LogP) is 2.88. The quantitative estimate of drug-likeness (QED) is 0.897. The smallest absolute Gasteiger partial charge is 0.315 e. The maximum absolute atomic E-state index is 12.0. The molecule has 2 N–H and O–H groups in total. The molecule has 1 fully saturated rings. The number of urea groups is 1. The Balaban J connectivity index is 1.43. The van der Waals surface area contributed by atoms with Gasteiger partial charge in [0.1, 0.15) is 13.2 Å². The van der Waals surface area contributed by atoms with E-state index in [9.17, 15) is 4.79 Å². The SMILES string of the molecule is C[C@@H]1CCCC[C@H]1NC(=O)NCCc1ccc2c(c1)OCCO2. The molecule has 3 rings (SSSR count). The number of amides is 2. The van der Waals surface area contributed by atoms with Gasteiger partial charge in [-0.05, 0) is 42.9 Å². The van der Waals surface area contributed by atoms with Gasteiger partial charge in [0.2, 0.25) is 0 Å². The zero-order chi connectivity index (χ0) is 16.1. The molecule has 2 amide bonds. The molecule has 0 unspecified atom stereocenters. The average molecular weight is 318 g/mol. The van der Waals surface area contributed by atoms with Gasteiger partial charge in [0.15, 0.2) is 11.5 Å². The summed E-state index contributed by atoms with van der Waals surface area (Å²) in [6, 6.07) is 6.22. The molecule has 1 aliphatic heterocycles. The van der Waals surface area contributed by atoms with E-state index in [2.05, 4.69) is 17.6 Å². The Kier molecular flexibility index (Phi) is 5.26. The zero-order valence-corrected chi connectivity index (χ0v) is 13.8. The Bertz CT molecular complexity index is 547. The van der Waals surface area contributed by atoms with E-state index >= 15 is 0 Å². The van der Waals surface area contributed by atoms with Crippen molar-refractivity contribution in [3.05, 3.63) is 23.8 Å². The Morgan fingerprint density at radius 1 is 1.17 bits per heavy atom. The fourth-order valence-electron chi connectivity index (χ4n) is 3.31. The Morgan fingerprint density at radius 2 is 1.96 bits per heavy atom. The van der Waals surface area contributed by atoms with E-state index < -0.39 is 0 Å². The third kappa shape index (κ3) is 4.30. The lowest BCUT2D eigenvalue weighted by molar-refractivity contribution is 0.171. The molecular formula is C18H26N2O3. The molecule has 1 aromatic rings. The van der Waals surface area contributed by atoms with Gasteiger partial charge in [-0.3, -0.25) is 0 Å². The normalized spacial score (nSPS) is 23.2. The Labute approximate surface area is 137 Å². The van der Waals surface area contributed by atoms with Gasteiger partial charge in [0.25, 0.3) is 0 Å². The van der Waals surface area contributed by atoms with Crippen LogP contribution in [-0.2, 0) is 6.42 Å². The molecule has 0 bridgehead atoms. The van der Waals surface area contributed by atoms with Crippen LogP contribution in [0.1, 0.15) is 38.2 Å². The minimum atomic E-state index is -0.0544. The molecule has 1 aliphatic carbocycles. The first kappa shape index (κ1) is 16.0. The van der Waals surface area contributed by atoms with E-state index in [0.29, 0.717) is 31.7 Å². The first-order chi connectivity index (χ1) is 11.2. The minimum absolute atomic E-state index is 0.0544. The third-order valence-corrected chi connectivity index (χ3v) is 4.73. The summed E-state index contributed by atoms with van der Waals surface area (Å²) in [7, 11) is 0. The van der Waals surface area contributed by atoms with Gasteiger partial charge in [-0.15, -0.1) is 0 Å². The van der Waals surface area contributed by atoms with Crippen molar-refractivity contribution in [3.8, 4) is 11.5 Å². The highest BCUT2D eigenvalue weighted by Gasteiger charge is 2.22. The van der Waals surface area contributed by atoms with E-state index in [1.54, 1.807) is 0 Å². The van der Waals surface area contributed by atoms with Crippen LogP contribution in [0.2, 0.25) is 0 Å². The number of hydrogen-bond donors (Lipinski definition) is 2. The lowest BCUT2D eigenvalue weighted by Crippen LogP contribution is -2.46. The van der Waals surface area contributed by atoms with E-state index in [-0.39, 0.29) is 6.03 Å². The highest BCUT2D eigenvalue weighted by Crippen LogP contribution is 2.30. The lowest BCUT2D eigenvalue weighted by Gasteiger charge is -2.29. The molecule has 2 aliphatic rings. The molecule has 0 saturated heterocycles. The van der Waals surface area contributed by atoms with Crippen molar-refractivity contribution in [1.29, 1.82) is 0 Å². The van der Waals surface area contributed by atoms with Gasteiger partial charge < -0.3 is 20.1 Å². The number of hydrogen-bond acceptors (Lipinski definition) is 3. The molecule has 0 spiro atoms. The molecular weight excluding hydrogens is 292 g/mol. The first-order valence-corrected chi connectivity index (χ1v) is 8.65. The molecule has 5 nitrogen and oxygen atoms in total. The van der Waals surface area contributed by atoms with Crippen LogP contribution in [-0.4, -0.2) is 31.8 Å². The van der Waals surface area contributed by atoms with E-state index in [1.165, 1.54) is 19.3 Å². The number of nitrogens with one attached hydrogen (secondary N) is 2. The van der Waals surface area contributed by atoms with Crippen LogP contribution < -0.4 is 20.1 Å². The van der Waals surface area contributed by atoms with Crippen molar-refractivity contribution in [2.75, 3.05) is 19.8 Å². The molecule has 1 aromatic carbocycles. The molecule has 126 valence electrons. The van der Waals surface area contributed by atoms with Crippen LogP contribution in [0.5, 0.6) is 11.5 Å². The van der Waals surface area contributed by atoms with Crippen LogP contribution >= 0.6 is 0 Å². The van der Waals surface area contributed by atoms with E-state index in [4.69, 9.17) is 9.47 Å². The topological polar surface area (TPSA) is 59.6 Å². The van der Waals surface area contributed by atoms with Crippen LogP contribution in [0.3, 0.4) is 0 Å².